The van der Waals surface area contributed by atoms with Crippen LogP contribution in [0.15, 0.2) is 71.7 Å². The van der Waals surface area contributed by atoms with Gasteiger partial charge in [0.1, 0.15) is 5.75 Å². The number of carbonyl (C=O) groups excluding carboxylic acids is 1. The summed E-state index contributed by atoms with van der Waals surface area (Å²) < 4.78 is 1.93. The molecule has 0 unspecified atom stereocenters. The average molecular weight is 431 g/mol. The summed E-state index contributed by atoms with van der Waals surface area (Å²) in [6.07, 6.45) is 4.08. The molecule has 0 aliphatic heterocycles. The molecule has 4 nitrogen and oxygen atoms in total. The highest BCUT2D eigenvalue weighted by molar-refractivity contribution is 7.08. The number of hydrogen-bond donors (Lipinski definition) is 1. The molecule has 158 valence electrons. The number of phenolic OH excluding ortho intramolecular Hbond substituents is 1. The van der Waals surface area contributed by atoms with E-state index in [4.69, 9.17) is 0 Å². The van der Waals surface area contributed by atoms with Crippen LogP contribution in [-0.2, 0) is 6.42 Å². The predicted octanol–water partition coefficient (Wildman–Crippen LogP) is 6.42. The van der Waals surface area contributed by atoms with Gasteiger partial charge >= 0.3 is 0 Å². The van der Waals surface area contributed by atoms with Crippen molar-refractivity contribution in [2.75, 3.05) is 0 Å². The van der Waals surface area contributed by atoms with Crippen molar-refractivity contribution < 1.29 is 9.90 Å². The number of thiophene rings is 1. The first-order chi connectivity index (χ1) is 15.0. The maximum atomic E-state index is 13.7. The average Bonchev–Trinajstić information content (AvgIpc) is 3.47. The minimum atomic E-state index is -0.361. The summed E-state index contributed by atoms with van der Waals surface area (Å²) >= 11 is 1.60. The summed E-state index contributed by atoms with van der Waals surface area (Å²) in [6.45, 7) is 6.00. The fourth-order valence-corrected chi connectivity index (χ4v) is 4.63. The van der Waals surface area contributed by atoms with Crippen LogP contribution >= 0.6 is 11.3 Å². The monoisotopic (exact) mass is 430 g/mol. The van der Waals surface area contributed by atoms with Crippen LogP contribution in [0.5, 0.6) is 5.75 Å². The van der Waals surface area contributed by atoms with Gasteiger partial charge < -0.3 is 9.67 Å². The summed E-state index contributed by atoms with van der Waals surface area (Å²) in [7, 11) is 0. The maximum absolute atomic E-state index is 13.7. The summed E-state index contributed by atoms with van der Waals surface area (Å²) in [5.74, 6) is 0.422. The van der Waals surface area contributed by atoms with Gasteiger partial charge in [-0.2, -0.15) is 11.3 Å². The molecule has 4 aromatic rings. The Morgan fingerprint density at radius 3 is 2.61 bits per heavy atom. The summed E-state index contributed by atoms with van der Waals surface area (Å²) in [5.41, 5.74) is 4.58. The van der Waals surface area contributed by atoms with Gasteiger partial charge in [0.25, 0.3) is 0 Å². The van der Waals surface area contributed by atoms with E-state index in [-0.39, 0.29) is 17.7 Å². The Morgan fingerprint density at radius 2 is 1.94 bits per heavy atom. The normalized spacial score (nSPS) is 12.3. The van der Waals surface area contributed by atoms with Crippen LogP contribution in [0.4, 0.5) is 0 Å². The first-order valence-electron chi connectivity index (χ1n) is 10.4. The molecule has 0 saturated carbocycles. The zero-order valence-corrected chi connectivity index (χ0v) is 18.8. The van der Waals surface area contributed by atoms with Gasteiger partial charge in [-0.05, 0) is 72.3 Å². The Morgan fingerprint density at radius 1 is 1.16 bits per heavy atom. The number of ketones is 1. The van der Waals surface area contributed by atoms with Gasteiger partial charge in [-0.3, -0.25) is 4.79 Å². The Labute approximate surface area is 186 Å². The molecule has 0 aliphatic rings. The van der Waals surface area contributed by atoms with Crippen LogP contribution in [-0.4, -0.2) is 20.4 Å². The van der Waals surface area contributed by atoms with Crippen molar-refractivity contribution in [3.8, 4) is 16.9 Å². The van der Waals surface area contributed by atoms with E-state index in [9.17, 15) is 9.90 Å². The second-order valence-electron chi connectivity index (χ2n) is 8.10. The number of carbonyl (C=O) groups is 1. The fraction of sp³-hybridized carbons (Fsp3) is 0.231. The molecule has 4 rings (SSSR count). The Bertz CT molecular complexity index is 1180. The number of phenols is 1. The second kappa shape index (κ2) is 8.90. The van der Waals surface area contributed by atoms with Crippen LogP contribution in [0.1, 0.15) is 53.1 Å². The first-order valence-corrected chi connectivity index (χ1v) is 11.4. The topological polar surface area (TPSA) is 55.1 Å². The van der Waals surface area contributed by atoms with Gasteiger partial charge in [0.15, 0.2) is 5.82 Å². The Hall–Kier alpha value is -3.18. The molecule has 2 heterocycles. The first kappa shape index (κ1) is 21.1. The highest BCUT2D eigenvalue weighted by Crippen LogP contribution is 2.36. The van der Waals surface area contributed by atoms with E-state index in [0.29, 0.717) is 18.0 Å². The number of Topliss-reactive ketones (excluding diaryl/α,β-unsaturated/α-hetero) is 1. The molecule has 0 saturated heterocycles. The second-order valence-corrected chi connectivity index (χ2v) is 8.88. The van der Waals surface area contributed by atoms with E-state index in [2.05, 4.69) is 4.98 Å². The van der Waals surface area contributed by atoms with Crippen LogP contribution in [0.25, 0.3) is 11.1 Å². The van der Waals surface area contributed by atoms with E-state index >= 15 is 0 Å². The summed E-state index contributed by atoms with van der Waals surface area (Å²) in [6, 6.07) is 16.0. The molecule has 0 fully saturated rings. The lowest BCUT2D eigenvalue weighted by Gasteiger charge is -2.19. The van der Waals surface area contributed by atoms with Gasteiger partial charge in [0.05, 0.1) is 5.92 Å². The highest BCUT2D eigenvalue weighted by atomic mass is 32.1. The Balaban J connectivity index is 1.76. The number of aryl methyl sites for hydroxylation is 1. The number of hydrogen-bond acceptors (Lipinski definition) is 4. The van der Waals surface area contributed by atoms with Crippen molar-refractivity contribution in [1.29, 1.82) is 0 Å². The van der Waals surface area contributed by atoms with Crippen LogP contribution < -0.4 is 0 Å². The molecular formula is C26H26N2O2S. The fourth-order valence-electron chi connectivity index (χ4n) is 3.97. The van der Waals surface area contributed by atoms with Crippen LogP contribution in [0, 0.1) is 6.92 Å². The van der Waals surface area contributed by atoms with E-state index in [0.717, 1.165) is 27.8 Å². The lowest BCUT2D eigenvalue weighted by atomic mass is 9.86. The van der Waals surface area contributed by atoms with Gasteiger partial charge in [-0.25, -0.2) is 4.98 Å². The smallest absolute Gasteiger partial charge is 0.206 e. The SMILES string of the molecule is Cc1cc(C[C@H](C(=O)c2nccn2C(C)C)c2ccccc2)cc(-c2ccsc2)c1O. The minimum absolute atomic E-state index is 0.00714. The van der Waals surface area contributed by atoms with E-state index in [1.807, 2.05) is 90.8 Å². The van der Waals surface area contributed by atoms with Crippen LogP contribution in [0.2, 0.25) is 0 Å². The number of benzene rings is 2. The molecule has 2 aromatic heterocycles. The number of aromatic hydroxyl groups is 1. The third-order valence-electron chi connectivity index (χ3n) is 5.60. The maximum Gasteiger partial charge on any atom is 0.206 e. The number of aromatic nitrogens is 2. The van der Waals surface area contributed by atoms with Crippen LogP contribution in [0.3, 0.4) is 0 Å². The van der Waals surface area contributed by atoms with E-state index < -0.39 is 0 Å². The molecule has 1 N–H and O–H groups in total. The van der Waals surface area contributed by atoms with Crippen molar-refractivity contribution in [3.63, 3.8) is 0 Å². The molecule has 5 heteroatoms. The third kappa shape index (κ3) is 4.32. The summed E-state index contributed by atoms with van der Waals surface area (Å²) in [4.78, 5) is 18.1. The van der Waals surface area contributed by atoms with Gasteiger partial charge in [-0.15, -0.1) is 0 Å². The molecular weight excluding hydrogens is 404 g/mol. The Kier molecular flexibility index (Phi) is 6.05. The van der Waals surface area contributed by atoms with Crippen molar-refractivity contribution in [2.45, 2.75) is 39.2 Å². The number of rotatable bonds is 7. The van der Waals surface area contributed by atoms with Crippen molar-refractivity contribution in [2.24, 2.45) is 0 Å². The molecule has 1 atom stereocenters. The van der Waals surface area contributed by atoms with Gasteiger partial charge in [0, 0.05) is 24.0 Å². The standard InChI is InChI=1S/C26H26N2O2S/c1-17(2)28-11-10-27-26(28)25(30)22(20-7-5-4-6-8-20)14-19-13-18(3)24(29)23(15-19)21-9-12-31-16-21/h4-13,15-17,22,29H,14H2,1-3H3/t22-/m0/s1. The van der Waals surface area contributed by atoms with Gasteiger partial charge in [-0.1, -0.05) is 36.4 Å². The molecule has 0 amide bonds. The highest BCUT2D eigenvalue weighted by Gasteiger charge is 2.27. The lowest BCUT2D eigenvalue weighted by Crippen LogP contribution is -2.21. The predicted molar refractivity (Wildman–Crippen MR) is 126 cm³/mol. The molecule has 0 radical (unpaired) electrons. The van der Waals surface area contributed by atoms with Crippen molar-refractivity contribution in [3.05, 3.63) is 94.2 Å². The molecule has 0 bridgehead atoms. The minimum Gasteiger partial charge on any atom is -0.507 e. The van der Waals surface area contributed by atoms with E-state index in [1.54, 1.807) is 17.5 Å². The zero-order chi connectivity index (χ0) is 22.0. The largest absolute Gasteiger partial charge is 0.507 e. The quantitative estimate of drug-likeness (QED) is 0.344. The molecule has 31 heavy (non-hydrogen) atoms. The third-order valence-corrected chi connectivity index (χ3v) is 6.28. The number of nitrogens with zero attached hydrogens (tertiary/aromatic N) is 2. The number of imidazole rings is 1. The molecule has 0 aliphatic carbocycles. The molecule has 0 spiro atoms. The van der Waals surface area contributed by atoms with E-state index in [1.165, 1.54) is 0 Å². The van der Waals surface area contributed by atoms with Crippen molar-refractivity contribution >= 4 is 17.1 Å². The zero-order valence-electron chi connectivity index (χ0n) is 17.9. The van der Waals surface area contributed by atoms with Gasteiger partial charge in [0.2, 0.25) is 5.78 Å². The molecule has 2 aromatic carbocycles. The summed E-state index contributed by atoms with van der Waals surface area (Å²) in [5, 5.41) is 14.7. The van der Waals surface area contributed by atoms with Crippen molar-refractivity contribution in [1.82, 2.24) is 9.55 Å². The lowest BCUT2D eigenvalue weighted by molar-refractivity contribution is 0.0942.